The fourth-order valence-corrected chi connectivity index (χ4v) is 4.35. The van der Waals surface area contributed by atoms with Crippen LogP contribution in [0, 0.1) is 13.8 Å². The van der Waals surface area contributed by atoms with E-state index in [-0.39, 0.29) is 5.91 Å². The van der Waals surface area contributed by atoms with Crippen molar-refractivity contribution in [3.8, 4) is 11.5 Å². The van der Waals surface area contributed by atoms with Crippen molar-refractivity contribution in [3.05, 3.63) is 100 Å². The summed E-state index contributed by atoms with van der Waals surface area (Å²) in [6.07, 6.45) is 0. The highest BCUT2D eigenvalue weighted by atomic mass is 16.5. The first-order valence-corrected chi connectivity index (χ1v) is 11.9. The molecule has 0 aliphatic carbocycles. The smallest absolute Gasteiger partial charge is 0.255 e. The van der Waals surface area contributed by atoms with Crippen LogP contribution in [0.4, 0.5) is 11.6 Å². The summed E-state index contributed by atoms with van der Waals surface area (Å²) >= 11 is 0. The summed E-state index contributed by atoms with van der Waals surface area (Å²) < 4.78 is 13.4. The van der Waals surface area contributed by atoms with E-state index in [1.807, 2.05) is 74.5 Å². The number of anilines is 2. The van der Waals surface area contributed by atoms with Gasteiger partial charge in [-0.25, -0.2) is 0 Å². The average molecular weight is 497 g/mol. The van der Waals surface area contributed by atoms with E-state index in [9.17, 15) is 4.79 Å². The van der Waals surface area contributed by atoms with Crippen LogP contribution in [0.25, 0.3) is 0 Å². The van der Waals surface area contributed by atoms with Gasteiger partial charge in [-0.15, -0.1) is 0 Å². The summed E-state index contributed by atoms with van der Waals surface area (Å²) in [6.45, 7) is 6.31. The Morgan fingerprint density at radius 2 is 1.81 bits per heavy atom. The normalized spacial score (nSPS) is 14.5. The molecule has 9 nitrogen and oxygen atoms in total. The molecule has 0 saturated carbocycles. The predicted octanol–water partition coefficient (Wildman–Crippen LogP) is 4.81. The van der Waals surface area contributed by atoms with E-state index < -0.39 is 6.04 Å². The number of hydrogen-bond acceptors (Lipinski definition) is 7. The van der Waals surface area contributed by atoms with Crippen molar-refractivity contribution in [2.75, 3.05) is 17.7 Å². The van der Waals surface area contributed by atoms with E-state index in [0.29, 0.717) is 41.0 Å². The van der Waals surface area contributed by atoms with Crippen LogP contribution in [0.3, 0.4) is 0 Å². The van der Waals surface area contributed by atoms with Gasteiger partial charge in [-0.2, -0.15) is 4.68 Å². The number of hydrogen-bond donors (Lipinski definition) is 2. The Morgan fingerprint density at radius 3 is 2.57 bits per heavy atom. The van der Waals surface area contributed by atoms with Gasteiger partial charge in [0.1, 0.15) is 12.6 Å². The number of nitrogens with one attached hydrogen (secondary N) is 2. The Labute approximate surface area is 215 Å². The van der Waals surface area contributed by atoms with Gasteiger partial charge in [0.05, 0.1) is 12.7 Å². The second kappa shape index (κ2) is 10.1. The lowest BCUT2D eigenvalue weighted by atomic mass is 9.94. The first-order valence-electron chi connectivity index (χ1n) is 11.9. The summed E-state index contributed by atoms with van der Waals surface area (Å²) in [4.78, 5) is 13.5. The lowest BCUT2D eigenvalue weighted by Gasteiger charge is -2.28. The fourth-order valence-electron chi connectivity index (χ4n) is 4.35. The maximum atomic E-state index is 13.5. The molecule has 0 saturated heterocycles. The Hall–Kier alpha value is -4.66. The monoisotopic (exact) mass is 496 g/mol. The van der Waals surface area contributed by atoms with Gasteiger partial charge in [0.2, 0.25) is 5.95 Å². The van der Waals surface area contributed by atoms with Gasteiger partial charge in [0, 0.05) is 11.4 Å². The maximum Gasteiger partial charge on any atom is 0.255 e. The largest absolute Gasteiger partial charge is 0.493 e. The van der Waals surface area contributed by atoms with Gasteiger partial charge in [0.15, 0.2) is 11.5 Å². The number of fused-ring (bicyclic) bond motifs is 1. The molecule has 1 atom stereocenters. The highest BCUT2D eigenvalue weighted by Crippen LogP contribution is 2.39. The van der Waals surface area contributed by atoms with Gasteiger partial charge in [0.25, 0.3) is 5.91 Å². The molecule has 0 bridgehead atoms. The molecule has 1 aromatic heterocycles. The molecule has 1 amide bonds. The van der Waals surface area contributed by atoms with E-state index in [4.69, 9.17) is 9.47 Å². The zero-order valence-electron chi connectivity index (χ0n) is 21.1. The molecule has 4 aromatic rings. The van der Waals surface area contributed by atoms with Gasteiger partial charge < -0.3 is 20.1 Å². The average Bonchev–Trinajstić information content (AvgIpc) is 3.36. The third-order valence-corrected chi connectivity index (χ3v) is 6.42. The highest BCUT2D eigenvalue weighted by Gasteiger charge is 2.34. The van der Waals surface area contributed by atoms with Crippen LogP contribution < -0.4 is 20.1 Å². The molecule has 0 spiro atoms. The number of aryl methyl sites for hydroxylation is 2. The SMILES string of the molecule is COc1cc(C2C(C(=O)Nc3ccc(C)cc3)=C(C)Nc3nnnn32)ccc1OCc1ccccc1C. The molecule has 2 heterocycles. The first-order chi connectivity index (χ1) is 17.9. The molecule has 3 aromatic carbocycles. The number of ether oxygens (including phenoxy) is 2. The molecular formula is C28H28N6O3. The van der Waals surface area contributed by atoms with Crippen LogP contribution in [0.1, 0.15) is 35.2 Å². The molecule has 1 aliphatic heterocycles. The quantitative estimate of drug-likeness (QED) is 0.379. The number of benzene rings is 3. The number of nitrogens with zero attached hydrogens (tertiary/aromatic N) is 4. The zero-order valence-corrected chi connectivity index (χ0v) is 21.1. The second-order valence-corrected chi connectivity index (χ2v) is 8.96. The Balaban J connectivity index is 1.47. The van der Waals surface area contributed by atoms with Crippen molar-refractivity contribution >= 4 is 17.5 Å². The zero-order chi connectivity index (χ0) is 25.9. The molecule has 0 fully saturated rings. The van der Waals surface area contributed by atoms with Crippen LogP contribution in [-0.4, -0.2) is 33.2 Å². The molecule has 188 valence electrons. The third kappa shape index (κ3) is 4.88. The molecule has 2 N–H and O–H groups in total. The van der Waals surface area contributed by atoms with Crippen molar-refractivity contribution in [3.63, 3.8) is 0 Å². The number of tetrazole rings is 1. The molecule has 9 heteroatoms. The number of carbonyl (C=O) groups is 1. The summed E-state index contributed by atoms with van der Waals surface area (Å²) in [7, 11) is 1.59. The minimum atomic E-state index is -0.573. The second-order valence-electron chi connectivity index (χ2n) is 8.96. The number of aromatic nitrogens is 4. The topological polar surface area (TPSA) is 103 Å². The molecule has 0 radical (unpaired) electrons. The van der Waals surface area contributed by atoms with E-state index in [2.05, 4.69) is 39.1 Å². The maximum absolute atomic E-state index is 13.5. The summed E-state index contributed by atoms with van der Waals surface area (Å²) in [5.41, 5.74) is 6.01. The summed E-state index contributed by atoms with van der Waals surface area (Å²) in [5.74, 6) is 1.36. The van der Waals surface area contributed by atoms with E-state index in [1.54, 1.807) is 11.8 Å². The number of allylic oxidation sites excluding steroid dienone is 1. The number of carbonyl (C=O) groups excluding carboxylic acids is 1. The van der Waals surface area contributed by atoms with Gasteiger partial charge >= 0.3 is 0 Å². The highest BCUT2D eigenvalue weighted by molar-refractivity contribution is 6.06. The lowest BCUT2D eigenvalue weighted by Crippen LogP contribution is -2.31. The van der Waals surface area contributed by atoms with Crippen LogP contribution in [-0.2, 0) is 11.4 Å². The van der Waals surface area contributed by atoms with Gasteiger partial charge in [-0.3, -0.25) is 4.79 Å². The Bertz CT molecular complexity index is 1480. The van der Waals surface area contributed by atoms with Crippen molar-refractivity contribution < 1.29 is 14.3 Å². The van der Waals surface area contributed by atoms with E-state index in [0.717, 1.165) is 22.3 Å². The summed E-state index contributed by atoms with van der Waals surface area (Å²) in [5, 5.41) is 18.2. The van der Waals surface area contributed by atoms with Crippen molar-refractivity contribution in [1.29, 1.82) is 0 Å². The van der Waals surface area contributed by atoms with Crippen molar-refractivity contribution in [2.24, 2.45) is 0 Å². The predicted molar refractivity (Wildman–Crippen MR) is 141 cm³/mol. The molecule has 5 rings (SSSR count). The fraction of sp³-hybridized carbons (Fsp3) is 0.214. The minimum absolute atomic E-state index is 0.251. The lowest BCUT2D eigenvalue weighted by molar-refractivity contribution is -0.113. The van der Waals surface area contributed by atoms with Crippen molar-refractivity contribution in [2.45, 2.75) is 33.4 Å². The van der Waals surface area contributed by atoms with E-state index >= 15 is 0 Å². The van der Waals surface area contributed by atoms with Crippen LogP contribution >= 0.6 is 0 Å². The Morgan fingerprint density at radius 1 is 1.03 bits per heavy atom. The summed E-state index contributed by atoms with van der Waals surface area (Å²) in [6, 6.07) is 20.8. The molecule has 1 aliphatic rings. The van der Waals surface area contributed by atoms with Gasteiger partial charge in [-0.1, -0.05) is 53.1 Å². The Kier molecular flexibility index (Phi) is 6.59. The standard InChI is InChI=1S/C28H28N6O3/c1-17-9-12-22(13-10-17)30-27(35)25-19(3)29-28-31-32-33-34(28)26(25)20-11-14-23(24(15-20)36-4)37-16-21-8-6-5-7-18(21)2/h5-15,26H,16H2,1-4H3,(H,30,35)(H,29,31,33). The number of rotatable bonds is 7. The molecular weight excluding hydrogens is 468 g/mol. The number of methoxy groups -OCH3 is 1. The third-order valence-electron chi connectivity index (χ3n) is 6.42. The molecule has 37 heavy (non-hydrogen) atoms. The number of amides is 1. The minimum Gasteiger partial charge on any atom is -0.493 e. The molecule has 1 unspecified atom stereocenters. The van der Waals surface area contributed by atoms with Gasteiger partial charge in [-0.05, 0) is 72.2 Å². The van der Waals surface area contributed by atoms with Crippen LogP contribution in [0.5, 0.6) is 11.5 Å². The van der Waals surface area contributed by atoms with E-state index in [1.165, 1.54) is 0 Å². The van der Waals surface area contributed by atoms with Crippen molar-refractivity contribution in [1.82, 2.24) is 20.2 Å². The van der Waals surface area contributed by atoms with Crippen LogP contribution in [0.15, 0.2) is 78.0 Å². The van der Waals surface area contributed by atoms with Crippen LogP contribution in [0.2, 0.25) is 0 Å². The first kappa shape index (κ1) is 24.1.